The molecule has 3 aliphatic rings. The number of rotatable bonds is 3. The number of amides is 1. The van der Waals surface area contributed by atoms with Gasteiger partial charge in [0.1, 0.15) is 11.6 Å². The molecule has 1 N–H and O–H groups in total. The molecule has 3 aliphatic heterocycles. The minimum absolute atomic E-state index is 0.0727. The lowest BCUT2D eigenvalue weighted by atomic mass is 9.94. The lowest BCUT2D eigenvalue weighted by molar-refractivity contribution is -0.123. The average Bonchev–Trinajstić information content (AvgIpc) is 3.28. The number of fused-ring (bicyclic) bond motifs is 3. The molecule has 0 atom stereocenters. The smallest absolute Gasteiger partial charge is 0.230 e. The summed E-state index contributed by atoms with van der Waals surface area (Å²) in [6.07, 6.45) is 4.00. The van der Waals surface area contributed by atoms with Crippen LogP contribution in [-0.2, 0) is 16.0 Å². The number of anilines is 3. The van der Waals surface area contributed by atoms with Crippen molar-refractivity contribution in [1.29, 1.82) is 0 Å². The van der Waals surface area contributed by atoms with Crippen LogP contribution in [0.25, 0.3) is 11.3 Å². The summed E-state index contributed by atoms with van der Waals surface area (Å²) >= 11 is 0. The summed E-state index contributed by atoms with van der Waals surface area (Å²) in [6, 6.07) is 8.69. The molecule has 5 heterocycles. The van der Waals surface area contributed by atoms with Gasteiger partial charge in [0.15, 0.2) is 0 Å². The molecule has 6 rings (SSSR count). The highest BCUT2D eigenvalue weighted by Gasteiger charge is 2.34. The van der Waals surface area contributed by atoms with E-state index in [4.69, 9.17) is 9.72 Å². The van der Waals surface area contributed by atoms with Gasteiger partial charge in [0, 0.05) is 62.5 Å². The Kier molecular flexibility index (Phi) is 6.08. The van der Waals surface area contributed by atoms with Gasteiger partial charge in [-0.1, -0.05) is 6.07 Å². The Balaban J connectivity index is 1.24. The number of piperidine rings is 1. The van der Waals surface area contributed by atoms with E-state index in [1.807, 2.05) is 17.2 Å². The van der Waals surface area contributed by atoms with Crippen molar-refractivity contribution in [2.75, 3.05) is 60.6 Å². The Bertz CT molecular complexity index is 1260. The van der Waals surface area contributed by atoms with E-state index in [1.54, 1.807) is 6.07 Å². The number of H-pyrrole nitrogens is 1. The number of pyridine rings is 1. The van der Waals surface area contributed by atoms with Crippen molar-refractivity contribution < 1.29 is 13.9 Å². The molecule has 8 nitrogen and oxygen atoms in total. The molecular formula is C27H31FN6O2. The summed E-state index contributed by atoms with van der Waals surface area (Å²) in [5, 5.41) is 0. The van der Waals surface area contributed by atoms with Gasteiger partial charge in [-0.3, -0.25) is 4.79 Å². The van der Waals surface area contributed by atoms with Gasteiger partial charge < -0.3 is 24.4 Å². The molecule has 36 heavy (non-hydrogen) atoms. The van der Waals surface area contributed by atoms with Crippen LogP contribution < -0.4 is 14.7 Å². The number of hydrogen-bond acceptors (Lipinski definition) is 6. The van der Waals surface area contributed by atoms with Gasteiger partial charge in [-0.25, -0.2) is 14.4 Å². The lowest BCUT2D eigenvalue weighted by Gasteiger charge is -2.35. The molecule has 188 valence electrons. The van der Waals surface area contributed by atoms with Crippen LogP contribution in [0.1, 0.15) is 24.1 Å². The molecule has 0 saturated carbocycles. The van der Waals surface area contributed by atoms with Crippen LogP contribution in [-0.4, -0.2) is 66.8 Å². The molecule has 0 unspecified atom stereocenters. The number of halogens is 1. The largest absolute Gasteiger partial charge is 0.378 e. The van der Waals surface area contributed by atoms with E-state index in [-0.39, 0.29) is 17.6 Å². The number of imidazole rings is 1. The molecule has 1 amide bonds. The summed E-state index contributed by atoms with van der Waals surface area (Å²) in [7, 11) is 0. The van der Waals surface area contributed by atoms with E-state index in [1.165, 1.54) is 12.1 Å². The Labute approximate surface area is 210 Å². The zero-order chi connectivity index (χ0) is 24.6. The molecule has 2 saturated heterocycles. The molecule has 9 heteroatoms. The summed E-state index contributed by atoms with van der Waals surface area (Å²) < 4.78 is 19.9. The predicted molar refractivity (Wildman–Crippen MR) is 137 cm³/mol. The van der Waals surface area contributed by atoms with Crippen molar-refractivity contribution in [3.8, 4) is 11.3 Å². The fourth-order valence-electron chi connectivity index (χ4n) is 5.60. The van der Waals surface area contributed by atoms with Crippen LogP contribution in [0.5, 0.6) is 0 Å². The van der Waals surface area contributed by atoms with Gasteiger partial charge >= 0.3 is 0 Å². The van der Waals surface area contributed by atoms with Crippen LogP contribution in [0.15, 0.2) is 36.5 Å². The van der Waals surface area contributed by atoms with E-state index < -0.39 is 0 Å². The van der Waals surface area contributed by atoms with E-state index in [0.717, 1.165) is 73.4 Å². The molecule has 2 aromatic heterocycles. The lowest BCUT2D eigenvalue weighted by Crippen LogP contribution is -2.43. The molecule has 0 aliphatic carbocycles. The van der Waals surface area contributed by atoms with Crippen LogP contribution in [0, 0.1) is 18.7 Å². The number of hydrogen-bond donors (Lipinski definition) is 1. The number of nitrogens with one attached hydrogen (secondary N) is 1. The number of carbonyl (C=O) groups excluding carboxylic acids is 1. The number of carbonyl (C=O) groups is 1. The van der Waals surface area contributed by atoms with Crippen LogP contribution in [0.4, 0.5) is 21.8 Å². The second kappa shape index (κ2) is 9.54. The first-order valence-electron chi connectivity index (χ1n) is 12.8. The summed E-state index contributed by atoms with van der Waals surface area (Å²) in [4.78, 5) is 33.0. The van der Waals surface area contributed by atoms with Crippen molar-refractivity contribution in [3.63, 3.8) is 0 Å². The van der Waals surface area contributed by atoms with Gasteiger partial charge in [0.2, 0.25) is 11.9 Å². The van der Waals surface area contributed by atoms with Crippen LogP contribution >= 0.6 is 0 Å². The fourth-order valence-corrected chi connectivity index (χ4v) is 5.60. The maximum absolute atomic E-state index is 14.4. The Morgan fingerprint density at radius 1 is 1.08 bits per heavy atom. The maximum Gasteiger partial charge on any atom is 0.230 e. The third-order valence-corrected chi connectivity index (χ3v) is 7.56. The van der Waals surface area contributed by atoms with Crippen LogP contribution in [0.2, 0.25) is 0 Å². The minimum Gasteiger partial charge on any atom is -0.378 e. The Morgan fingerprint density at radius 2 is 1.89 bits per heavy atom. The Hall–Kier alpha value is -3.46. The van der Waals surface area contributed by atoms with E-state index in [2.05, 4.69) is 32.8 Å². The van der Waals surface area contributed by atoms with Gasteiger partial charge in [0.05, 0.1) is 24.6 Å². The first-order valence-corrected chi connectivity index (χ1v) is 12.8. The monoisotopic (exact) mass is 490 g/mol. The fraction of sp³-hybridized carbons (Fsp3) is 0.444. The highest BCUT2D eigenvalue weighted by molar-refractivity contribution is 5.99. The van der Waals surface area contributed by atoms with E-state index in [0.29, 0.717) is 31.7 Å². The quantitative estimate of drug-likeness (QED) is 0.605. The average molecular weight is 491 g/mol. The van der Waals surface area contributed by atoms with E-state index in [9.17, 15) is 9.18 Å². The third kappa shape index (κ3) is 4.21. The van der Waals surface area contributed by atoms with Gasteiger partial charge in [-0.05, 0) is 49.6 Å². The maximum atomic E-state index is 14.4. The number of nitrogens with zero attached hydrogens (tertiary/aromatic N) is 5. The summed E-state index contributed by atoms with van der Waals surface area (Å²) in [6.45, 7) is 7.06. The van der Waals surface area contributed by atoms with Gasteiger partial charge in [-0.2, -0.15) is 0 Å². The first-order chi connectivity index (χ1) is 17.6. The number of aromatic amines is 1. The van der Waals surface area contributed by atoms with Gasteiger partial charge in [0.25, 0.3) is 0 Å². The molecule has 0 spiro atoms. The molecule has 0 radical (unpaired) electrons. The molecule has 3 aromatic rings. The van der Waals surface area contributed by atoms with Crippen molar-refractivity contribution in [1.82, 2.24) is 15.0 Å². The zero-order valence-electron chi connectivity index (χ0n) is 20.5. The second-order valence-corrected chi connectivity index (χ2v) is 9.79. The first kappa shape index (κ1) is 23.0. The van der Waals surface area contributed by atoms with Crippen molar-refractivity contribution in [2.45, 2.75) is 26.2 Å². The highest BCUT2D eigenvalue weighted by atomic mass is 19.1. The number of aryl methyl sites for hydroxylation is 1. The topological polar surface area (TPSA) is 77.6 Å². The van der Waals surface area contributed by atoms with Crippen molar-refractivity contribution >= 4 is 23.4 Å². The summed E-state index contributed by atoms with van der Waals surface area (Å²) in [5.74, 6) is 1.49. The van der Waals surface area contributed by atoms with Crippen LogP contribution in [0.3, 0.4) is 0 Å². The van der Waals surface area contributed by atoms with Gasteiger partial charge in [-0.15, -0.1) is 0 Å². The molecule has 1 aromatic carbocycles. The number of morpholine rings is 1. The number of ether oxygens (including phenoxy) is 1. The standard InChI is InChI=1S/C27H31FN6O2/c1-18-3-2-9-29-25(18)32-10-6-19(7-11-32)26(35)34-12-8-22-24(21-17-20(28)4-5-23(21)34)31-27(30-22)33-13-15-36-16-14-33/h2-5,9,17,19H,6-8,10-16H2,1H3,(H,30,31). The SMILES string of the molecule is Cc1cccnc1N1CCC(C(=O)N2CCc3[nH]c(N4CCOCC4)nc3-c3cc(F)ccc32)CC1. The summed E-state index contributed by atoms with van der Waals surface area (Å²) in [5.41, 5.74) is 4.24. The highest BCUT2D eigenvalue weighted by Crippen LogP contribution is 2.38. The molecule has 0 bridgehead atoms. The Morgan fingerprint density at radius 3 is 2.67 bits per heavy atom. The predicted octanol–water partition coefficient (Wildman–Crippen LogP) is 3.56. The number of benzene rings is 1. The van der Waals surface area contributed by atoms with Crippen molar-refractivity contribution in [2.24, 2.45) is 5.92 Å². The molecule has 2 fully saturated rings. The normalized spacial score (nSPS) is 18.6. The van der Waals surface area contributed by atoms with E-state index >= 15 is 0 Å². The third-order valence-electron chi connectivity index (χ3n) is 7.56. The second-order valence-electron chi connectivity index (χ2n) is 9.79. The zero-order valence-corrected chi connectivity index (χ0v) is 20.5. The number of aromatic nitrogens is 3. The van der Waals surface area contributed by atoms with Crippen molar-refractivity contribution in [3.05, 3.63) is 53.6 Å². The minimum atomic E-state index is -0.330. The molecular weight excluding hydrogens is 459 g/mol.